The number of nitrogens with zero attached hydrogens (tertiary/aromatic N) is 1. The van der Waals surface area contributed by atoms with Crippen LogP contribution in [0, 0.1) is 0 Å². The van der Waals surface area contributed by atoms with Gasteiger partial charge in [-0.3, -0.25) is 9.79 Å². The molecule has 1 aromatic heterocycles. The van der Waals surface area contributed by atoms with Gasteiger partial charge in [0.25, 0.3) is 0 Å². The molecule has 0 unspecified atom stereocenters. The van der Waals surface area contributed by atoms with Gasteiger partial charge in [-0.15, -0.1) is 0 Å². The van der Waals surface area contributed by atoms with Crippen LogP contribution in [0.25, 0.3) is 10.9 Å². The van der Waals surface area contributed by atoms with Gasteiger partial charge in [-0.1, -0.05) is 0 Å². The average Bonchev–Trinajstić information content (AvgIpc) is 2.90. The van der Waals surface area contributed by atoms with Crippen molar-refractivity contribution in [2.45, 2.75) is 19.3 Å². The van der Waals surface area contributed by atoms with Crippen LogP contribution in [0.4, 0.5) is 0 Å². The highest BCUT2D eigenvalue weighted by Gasteiger charge is 2.20. The summed E-state index contributed by atoms with van der Waals surface area (Å²) in [5, 5.41) is 1.18. The summed E-state index contributed by atoms with van der Waals surface area (Å²) < 4.78 is 10.00. The Morgan fingerprint density at radius 2 is 2.24 bits per heavy atom. The number of aliphatic imine (C=N–C) groups is 1. The maximum Gasteiger partial charge on any atom is 0.305 e. The van der Waals surface area contributed by atoms with E-state index in [2.05, 4.69) is 9.98 Å². The molecule has 5 nitrogen and oxygen atoms in total. The third-order valence-electron chi connectivity index (χ3n) is 3.86. The van der Waals surface area contributed by atoms with E-state index < -0.39 is 0 Å². The van der Waals surface area contributed by atoms with Gasteiger partial charge in [0.15, 0.2) is 0 Å². The first-order valence-electron chi connectivity index (χ1n) is 7.02. The minimum Gasteiger partial charge on any atom is -0.497 e. The van der Waals surface area contributed by atoms with Gasteiger partial charge >= 0.3 is 5.97 Å². The summed E-state index contributed by atoms with van der Waals surface area (Å²) in [6.07, 6.45) is 1.86. The maximum absolute atomic E-state index is 11.3. The molecule has 0 aliphatic carbocycles. The molecule has 0 amide bonds. The Hall–Kier alpha value is -2.30. The fourth-order valence-electron chi connectivity index (χ4n) is 2.77. The number of benzene rings is 1. The molecular formula is C16H18N2O3. The summed E-state index contributed by atoms with van der Waals surface area (Å²) in [4.78, 5) is 19.3. The van der Waals surface area contributed by atoms with E-state index in [1.165, 1.54) is 18.1 Å². The Kier molecular flexibility index (Phi) is 3.64. The molecule has 2 aromatic rings. The molecule has 0 bridgehead atoms. The average molecular weight is 286 g/mol. The van der Waals surface area contributed by atoms with Crippen molar-refractivity contribution in [3.8, 4) is 5.75 Å². The summed E-state index contributed by atoms with van der Waals surface area (Å²) in [6, 6.07) is 6.01. The number of methoxy groups -OCH3 is 2. The summed E-state index contributed by atoms with van der Waals surface area (Å²) in [5.74, 6) is 0.644. The number of hydrogen-bond donors (Lipinski definition) is 1. The van der Waals surface area contributed by atoms with Crippen LogP contribution in [0.2, 0.25) is 0 Å². The number of ether oxygens (including phenoxy) is 2. The van der Waals surface area contributed by atoms with E-state index in [1.807, 2.05) is 18.2 Å². The van der Waals surface area contributed by atoms with Gasteiger partial charge < -0.3 is 14.5 Å². The van der Waals surface area contributed by atoms with E-state index in [4.69, 9.17) is 9.47 Å². The Balaban J connectivity index is 1.96. The monoisotopic (exact) mass is 286 g/mol. The lowest BCUT2D eigenvalue weighted by atomic mass is 10.00. The lowest BCUT2D eigenvalue weighted by molar-refractivity contribution is -0.140. The quantitative estimate of drug-likeness (QED) is 0.878. The number of fused-ring (bicyclic) bond motifs is 3. The van der Waals surface area contributed by atoms with Crippen molar-refractivity contribution in [1.82, 2.24) is 4.98 Å². The van der Waals surface area contributed by atoms with E-state index >= 15 is 0 Å². The highest BCUT2D eigenvalue weighted by atomic mass is 16.5. The number of H-pyrrole nitrogens is 1. The van der Waals surface area contributed by atoms with E-state index in [9.17, 15) is 4.79 Å². The van der Waals surface area contributed by atoms with Crippen LogP contribution < -0.4 is 4.74 Å². The lowest BCUT2D eigenvalue weighted by Crippen LogP contribution is -2.14. The number of nitrogens with one attached hydrogen (secondary N) is 1. The molecule has 2 heterocycles. The van der Waals surface area contributed by atoms with E-state index in [1.54, 1.807) is 7.11 Å². The van der Waals surface area contributed by atoms with Crippen molar-refractivity contribution in [1.29, 1.82) is 0 Å². The van der Waals surface area contributed by atoms with E-state index in [-0.39, 0.29) is 5.97 Å². The first kappa shape index (κ1) is 13.7. The molecular weight excluding hydrogens is 268 g/mol. The molecule has 3 rings (SSSR count). The molecule has 0 fully saturated rings. The van der Waals surface area contributed by atoms with Gasteiger partial charge in [-0.25, -0.2) is 0 Å². The fourth-order valence-corrected chi connectivity index (χ4v) is 2.77. The molecule has 0 atom stereocenters. The normalized spacial score (nSPS) is 13.7. The van der Waals surface area contributed by atoms with Gasteiger partial charge in [0.05, 0.1) is 32.0 Å². The number of aromatic amines is 1. The van der Waals surface area contributed by atoms with Crippen molar-refractivity contribution in [2.75, 3.05) is 20.8 Å². The SMILES string of the molecule is COC(=O)CCC1=NCCc2c1[nH]c1ccc(OC)cc21. The zero-order chi connectivity index (χ0) is 14.8. The van der Waals surface area contributed by atoms with Crippen LogP contribution in [-0.4, -0.2) is 37.4 Å². The predicted molar refractivity (Wildman–Crippen MR) is 81.2 cm³/mol. The number of carbonyl (C=O) groups is 1. The summed E-state index contributed by atoms with van der Waals surface area (Å²) in [6.45, 7) is 0.758. The zero-order valence-corrected chi connectivity index (χ0v) is 12.2. The van der Waals surface area contributed by atoms with Gasteiger partial charge in [0, 0.05) is 23.9 Å². The van der Waals surface area contributed by atoms with Gasteiger partial charge in [-0.2, -0.15) is 0 Å². The molecule has 1 aromatic carbocycles. The molecule has 0 saturated heterocycles. The highest BCUT2D eigenvalue weighted by Crippen LogP contribution is 2.30. The number of hydrogen-bond acceptors (Lipinski definition) is 4. The maximum atomic E-state index is 11.3. The summed E-state index contributed by atoms with van der Waals surface area (Å²) >= 11 is 0. The minimum atomic E-state index is -0.206. The third kappa shape index (κ3) is 2.51. The Morgan fingerprint density at radius 3 is 3.00 bits per heavy atom. The van der Waals surface area contributed by atoms with Gasteiger partial charge in [-0.05, 0) is 30.2 Å². The number of rotatable bonds is 4. The third-order valence-corrected chi connectivity index (χ3v) is 3.86. The Labute approximate surface area is 123 Å². The predicted octanol–water partition coefficient (Wildman–Crippen LogP) is 2.47. The largest absolute Gasteiger partial charge is 0.497 e. The molecule has 110 valence electrons. The molecule has 1 aliphatic heterocycles. The van der Waals surface area contributed by atoms with Crippen molar-refractivity contribution in [3.63, 3.8) is 0 Å². The summed E-state index contributed by atoms with van der Waals surface area (Å²) in [5.41, 5.74) is 4.34. The molecule has 0 saturated carbocycles. The molecule has 0 spiro atoms. The second kappa shape index (κ2) is 5.60. The van der Waals surface area contributed by atoms with E-state index in [0.717, 1.165) is 35.6 Å². The second-order valence-electron chi connectivity index (χ2n) is 5.04. The first-order valence-corrected chi connectivity index (χ1v) is 7.02. The van der Waals surface area contributed by atoms with Crippen LogP contribution >= 0.6 is 0 Å². The molecule has 1 aliphatic rings. The topological polar surface area (TPSA) is 63.7 Å². The number of carbonyl (C=O) groups excluding carboxylic acids is 1. The van der Waals surface area contributed by atoms with Crippen LogP contribution in [0.5, 0.6) is 5.75 Å². The molecule has 1 N–H and O–H groups in total. The first-order chi connectivity index (χ1) is 10.2. The Morgan fingerprint density at radius 1 is 1.38 bits per heavy atom. The van der Waals surface area contributed by atoms with Crippen molar-refractivity contribution < 1.29 is 14.3 Å². The fraction of sp³-hybridized carbons (Fsp3) is 0.375. The standard InChI is InChI=1S/C16H18N2O3/c1-20-10-3-4-13-12(9-10)11-7-8-17-14(16(11)18-13)5-6-15(19)21-2/h3-4,9,18H,5-8H2,1-2H3. The molecule has 5 heteroatoms. The number of esters is 1. The molecule has 0 radical (unpaired) electrons. The van der Waals surface area contributed by atoms with Crippen LogP contribution in [0.15, 0.2) is 23.2 Å². The van der Waals surface area contributed by atoms with Crippen LogP contribution in [0.3, 0.4) is 0 Å². The second-order valence-corrected chi connectivity index (χ2v) is 5.04. The van der Waals surface area contributed by atoms with Crippen molar-refractivity contribution in [3.05, 3.63) is 29.5 Å². The van der Waals surface area contributed by atoms with Crippen LogP contribution in [-0.2, 0) is 16.0 Å². The Bertz CT molecular complexity index is 716. The van der Waals surface area contributed by atoms with Gasteiger partial charge in [0.1, 0.15) is 5.75 Å². The highest BCUT2D eigenvalue weighted by molar-refractivity contribution is 6.07. The number of aromatic nitrogens is 1. The van der Waals surface area contributed by atoms with Crippen LogP contribution in [0.1, 0.15) is 24.1 Å². The smallest absolute Gasteiger partial charge is 0.305 e. The van der Waals surface area contributed by atoms with Crippen molar-refractivity contribution >= 4 is 22.6 Å². The summed E-state index contributed by atoms with van der Waals surface area (Å²) in [7, 11) is 3.08. The van der Waals surface area contributed by atoms with Gasteiger partial charge in [0.2, 0.25) is 0 Å². The molecule has 21 heavy (non-hydrogen) atoms. The zero-order valence-electron chi connectivity index (χ0n) is 12.2. The van der Waals surface area contributed by atoms with Crippen molar-refractivity contribution in [2.24, 2.45) is 4.99 Å². The lowest BCUT2D eigenvalue weighted by Gasteiger charge is -2.13. The van der Waals surface area contributed by atoms with E-state index in [0.29, 0.717) is 12.8 Å². The minimum absolute atomic E-state index is 0.206.